The van der Waals surface area contributed by atoms with Crippen LogP contribution in [0.5, 0.6) is 5.75 Å². The van der Waals surface area contributed by atoms with Gasteiger partial charge in [0.2, 0.25) is 0 Å². The minimum Gasteiger partial charge on any atom is -0.497 e. The monoisotopic (exact) mass is 297 g/mol. The Balaban J connectivity index is 2.26. The van der Waals surface area contributed by atoms with Gasteiger partial charge in [0.1, 0.15) is 5.75 Å². The Labute approximate surface area is 119 Å². The lowest BCUT2D eigenvalue weighted by atomic mass is 10.2. The second-order valence-corrected chi connectivity index (χ2v) is 4.34. The highest BCUT2D eigenvalue weighted by Gasteiger charge is 2.15. The van der Waals surface area contributed by atoms with Crippen LogP contribution in [0.3, 0.4) is 0 Å². The van der Waals surface area contributed by atoms with E-state index in [4.69, 9.17) is 16.3 Å². The lowest BCUT2D eigenvalue weighted by Gasteiger charge is -2.08. The van der Waals surface area contributed by atoms with Crippen molar-refractivity contribution in [2.24, 2.45) is 0 Å². The van der Waals surface area contributed by atoms with Gasteiger partial charge in [-0.2, -0.15) is 0 Å². The van der Waals surface area contributed by atoms with Gasteiger partial charge < -0.3 is 10.1 Å². The molecule has 2 aromatic carbocycles. The fourth-order valence-electron chi connectivity index (χ4n) is 1.60. The Hall–Kier alpha value is -2.14. The average Bonchev–Trinajstić information content (AvgIpc) is 2.43. The van der Waals surface area contributed by atoms with E-state index in [0.29, 0.717) is 11.4 Å². The molecule has 0 atom stereocenters. The van der Waals surface area contributed by atoms with Crippen LogP contribution in [0.1, 0.15) is 10.4 Å². The van der Waals surface area contributed by atoms with E-state index in [1.165, 1.54) is 7.11 Å². The topological polar surface area (TPSA) is 38.3 Å². The highest BCUT2D eigenvalue weighted by molar-refractivity contribution is 6.34. The summed E-state index contributed by atoms with van der Waals surface area (Å²) >= 11 is 5.73. The van der Waals surface area contributed by atoms with Crippen LogP contribution < -0.4 is 10.1 Å². The summed E-state index contributed by atoms with van der Waals surface area (Å²) in [6.07, 6.45) is 0. The van der Waals surface area contributed by atoms with Crippen LogP contribution in [0, 0.1) is 11.6 Å². The van der Waals surface area contributed by atoms with E-state index in [2.05, 4.69) is 5.32 Å². The predicted molar refractivity (Wildman–Crippen MR) is 72.3 cm³/mol. The zero-order valence-electron chi connectivity index (χ0n) is 10.4. The Kier molecular flexibility index (Phi) is 4.20. The highest BCUT2D eigenvalue weighted by atomic mass is 35.5. The number of hydrogen-bond donors (Lipinski definition) is 1. The van der Waals surface area contributed by atoms with Gasteiger partial charge >= 0.3 is 0 Å². The molecule has 2 rings (SSSR count). The molecule has 3 nitrogen and oxygen atoms in total. The third kappa shape index (κ3) is 3.05. The second kappa shape index (κ2) is 5.88. The number of ether oxygens (including phenoxy) is 1. The Morgan fingerprint density at radius 3 is 2.60 bits per heavy atom. The summed E-state index contributed by atoms with van der Waals surface area (Å²) in [5.74, 6) is -2.32. The summed E-state index contributed by atoms with van der Waals surface area (Å²) in [7, 11) is 1.49. The van der Waals surface area contributed by atoms with Gasteiger partial charge in [-0.05, 0) is 24.3 Å². The van der Waals surface area contributed by atoms with Gasteiger partial charge in [0.05, 0.1) is 17.7 Å². The van der Waals surface area contributed by atoms with Crippen LogP contribution in [0.15, 0.2) is 36.4 Å². The highest BCUT2D eigenvalue weighted by Crippen LogP contribution is 2.22. The van der Waals surface area contributed by atoms with Gasteiger partial charge in [-0.3, -0.25) is 4.79 Å². The first-order valence-corrected chi connectivity index (χ1v) is 5.99. The van der Waals surface area contributed by atoms with Crippen LogP contribution in [-0.4, -0.2) is 13.0 Å². The quantitative estimate of drug-likeness (QED) is 0.873. The molecule has 0 aliphatic heterocycles. The molecule has 0 saturated carbocycles. The van der Waals surface area contributed by atoms with Crippen molar-refractivity contribution in [2.45, 2.75) is 0 Å². The minimum absolute atomic E-state index is 0.145. The zero-order valence-corrected chi connectivity index (χ0v) is 11.2. The molecule has 1 N–H and O–H groups in total. The van der Waals surface area contributed by atoms with Gasteiger partial charge in [-0.25, -0.2) is 8.78 Å². The van der Waals surface area contributed by atoms with Crippen LogP contribution in [0.2, 0.25) is 5.02 Å². The average molecular weight is 298 g/mol. The maximum absolute atomic E-state index is 13.1. The maximum atomic E-state index is 13.1. The smallest absolute Gasteiger partial charge is 0.257 e. The molecular formula is C14H10ClF2NO2. The van der Waals surface area contributed by atoms with Crippen LogP contribution in [-0.2, 0) is 0 Å². The molecule has 0 aliphatic carbocycles. The number of methoxy groups -OCH3 is 1. The van der Waals surface area contributed by atoms with Crippen molar-refractivity contribution in [3.63, 3.8) is 0 Å². The van der Waals surface area contributed by atoms with Crippen molar-refractivity contribution in [2.75, 3.05) is 12.4 Å². The standard InChI is InChI=1S/C14H10ClF2NO2/c1-20-9-4-2-3-8(5-9)18-14(19)10-6-12(16)13(17)7-11(10)15/h2-7H,1H3,(H,18,19). The summed E-state index contributed by atoms with van der Waals surface area (Å²) < 4.78 is 31.1. The Morgan fingerprint density at radius 1 is 1.20 bits per heavy atom. The Bertz CT molecular complexity index is 662. The summed E-state index contributed by atoms with van der Waals surface area (Å²) in [6.45, 7) is 0. The number of nitrogens with one attached hydrogen (secondary N) is 1. The molecule has 6 heteroatoms. The first-order chi connectivity index (χ1) is 9.51. The molecular weight excluding hydrogens is 288 g/mol. The number of benzene rings is 2. The molecule has 20 heavy (non-hydrogen) atoms. The van der Waals surface area contributed by atoms with Crippen molar-refractivity contribution >= 4 is 23.2 Å². The summed E-state index contributed by atoms with van der Waals surface area (Å²) in [5, 5.41) is 2.37. The number of carbonyl (C=O) groups excluding carboxylic acids is 1. The number of amides is 1. The van der Waals surface area contributed by atoms with E-state index >= 15 is 0 Å². The van der Waals surface area contributed by atoms with Crippen LogP contribution >= 0.6 is 11.6 Å². The van der Waals surface area contributed by atoms with Crippen molar-refractivity contribution in [1.82, 2.24) is 0 Å². The summed E-state index contributed by atoms with van der Waals surface area (Å²) in [5.41, 5.74) is 0.309. The van der Waals surface area contributed by atoms with E-state index in [1.807, 2.05) is 0 Å². The molecule has 0 fully saturated rings. The van der Waals surface area contributed by atoms with Crippen molar-refractivity contribution < 1.29 is 18.3 Å². The number of halogens is 3. The largest absolute Gasteiger partial charge is 0.497 e. The van der Waals surface area contributed by atoms with E-state index in [0.717, 1.165) is 12.1 Å². The first kappa shape index (κ1) is 14.3. The predicted octanol–water partition coefficient (Wildman–Crippen LogP) is 3.88. The lowest BCUT2D eigenvalue weighted by molar-refractivity contribution is 0.102. The molecule has 0 aromatic heterocycles. The molecule has 0 unspecified atom stereocenters. The van der Waals surface area contributed by atoms with Gasteiger partial charge in [-0.15, -0.1) is 0 Å². The normalized spacial score (nSPS) is 10.2. The first-order valence-electron chi connectivity index (χ1n) is 5.61. The summed E-state index contributed by atoms with van der Waals surface area (Å²) in [4.78, 5) is 12.0. The third-order valence-electron chi connectivity index (χ3n) is 2.58. The van der Waals surface area contributed by atoms with Crippen LogP contribution in [0.25, 0.3) is 0 Å². The minimum atomic E-state index is -1.13. The number of hydrogen-bond acceptors (Lipinski definition) is 2. The zero-order chi connectivity index (χ0) is 14.7. The number of anilines is 1. The molecule has 2 aromatic rings. The Morgan fingerprint density at radius 2 is 1.90 bits per heavy atom. The van der Waals surface area contributed by atoms with Gasteiger partial charge in [-0.1, -0.05) is 17.7 Å². The van der Waals surface area contributed by atoms with Crippen LogP contribution in [0.4, 0.5) is 14.5 Å². The van der Waals surface area contributed by atoms with Crippen molar-refractivity contribution in [3.8, 4) is 5.75 Å². The fourth-order valence-corrected chi connectivity index (χ4v) is 1.83. The van der Waals surface area contributed by atoms with Gasteiger partial charge in [0.15, 0.2) is 11.6 Å². The van der Waals surface area contributed by atoms with E-state index in [1.54, 1.807) is 24.3 Å². The van der Waals surface area contributed by atoms with E-state index in [-0.39, 0.29) is 10.6 Å². The molecule has 104 valence electrons. The molecule has 1 amide bonds. The van der Waals surface area contributed by atoms with Crippen molar-refractivity contribution in [1.29, 1.82) is 0 Å². The summed E-state index contributed by atoms with van der Waals surface area (Å²) in [6, 6.07) is 8.13. The molecule has 0 bridgehead atoms. The van der Waals surface area contributed by atoms with Gasteiger partial charge in [0, 0.05) is 11.8 Å². The second-order valence-electron chi connectivity index (χ2n) is 3.93. The molecule has 0 heterocycles. The SMILES string of the molecule is COc1cccc(NC(=O)c2cc(F)c(F)cc2Cl)c1. The molecule has 0 saturated heterocycles. The third-order valence-corrected chi connectivity index (χ3v) is 2.89. The fraction of sp³-hybridized carbons (Fsp3) is 0.0714. The van der Waals surface area contributed by atoms with E-state index < -0.39 is 17.5 Å². The molecule has 0 radical (unpaired) electrons. The number of carbonyl (C=O) groups is 1. The number of rotatable bonds is 3. The van der Waals surface area contributed by atoms with E-state index in [9.17, 15) is 13.6 Å². The van der Waals surface area contributed by atoms with Crippen molar-refractivity contribution in [3.05, 3.63) is 58.6 Å². The lowest BCUT2D eigenvalue weighted by Crippen LogP contribution is -2.13. The molecule has 0 spiro atoms. The van der Waals surface area contributed by atoms with Gasteiger partial charge in [0.25, 0.3) is 5.91 Å². The molecule has 0 aliphatic rings. The maximum Gasteiger partial charge on any atom is 0.257 e.